The molecule has 0 aliphatic heterocycles. The third-order valence-electron chi connectivity index (χ3n) is 2.96. The van der Waals surface area contributed by atoms with Crippen LogP contribution in [0.2, 0.25) is 0 Å². The number of H-pyrrole nitrogens is 1. The monoisotopic (exact) mass is 335 g/mol. The Morgan fingerprint density at radius 2 is 2.10 bits per heavy atom. The number of aromatic nitrogens is 2. The molecule has 20 heavy (non-hydrogen) atoms. The van der Waals surface area contributed by atoms with Gasteiger partial charge in [0.25, 0.3) is 0 Å². The highest BCUT2D eigenvalue weighted by molar-refractivity contribution is 9.10. The molecule has 0 aliphatic carbocycles. The number of aromatic amines is 1. The van der Waals surface area contributed by atoms with Crippen LogP contribution in [0.4, 0.5) is 0 Å². The Labute approximate surface area is 127 Å². The van der Waals surface area contributed by atoms with Gasteiger partial charge in [0, 0.05) is 17.6 Å². The van der Waals surface area contributed by atoms with Crippen molar-refractivity contribution in [3.8, 4) is 11.3 Å². The maximum atomic E-state index is 9.04. The molecule has 4 nitrogen and oxygen atoms in total. The molecule has 0 amide bonds. The van der Waals surface area contributed by atoms with Crippen molar-refractivity contribution in [2.75, 3.05) is 19.7 Å². The predicted molar refractivity (Wildman–Crippen MR) is 84.3 cm³/mol. The minimum absolute atomic E-state index is 0.133. The molecule has 1 aromatic carbocycles. The summed E-state index contributed by atoms with van der Waals surface area (Å²) in [5.41, 5.74) is 2.10. The van der Waals surface area contributed by atoms with Crippen LogP contribution < -0.4 is 0 Å². The summed E-state index contributed by atoms with van der Waals surface area (Å²) < 4.78 is 1.06. The van der Waals surface area contributed by atoms with Gasteiger partial charge < -0.3 is 10.1 Å². The van der Waals surface area contributed by atoms with Crippen LogP contribution in [0.5, 0.6) is 0 Å². The standard InChI is InChI=1S/C15H18BrN3O/c1-2-7-19(8-9-20)11-15-17-10-14(18-15)12-3-5-13(16)6-4-12/h2-6,10,20H,1,7-9,11H2,(H,17,18). The molecule has 0 bridgehead atoms. The second-order valence-electron chi connectivity index (χ2n) is 4.50. The second-order valence-corrected chi connectivity index (χ2v) is 5.41. The summed E-state index contributed by atoms with van der Waals surface area (Å²) >= 11 is 3.42. The number of rotatable bonds is 7. The van der Waals surface area contributed by atoms with E-state index in [0.717, 1.165) is 28.1 Å². The number of aliphatic hydroxyl groups excluding tert-OH is 1. The van der Waals surface area contributed by atoms with Crippen molar-refractivity contribution >= 4 is 15.9 Å². The highest BCUT2D eigenvalue weighted by atomic mass is 79.9. The van der Waals surface area contributed by atoms with Crippen molar-refractivity contribution in [2.45, 2.75) is 6.54 Å². The van der Waals surface area contributed by atoms with Crippen LogP contribution >= 0.6 is 15.9 Å². The topological polar surface area (TPSA) is 52.1 Å². The Morgan fingerprint density at radius 1 is 1.35 bits per heavy atom. The van der Waals surface area contributed by atoms with Gasteiger partial charge in [-0.2, -0.15) is 0 Å². The third-order valence-corrected chi connectivity index (χ3v) is 3.49. The summed E-state index contributed by atoms with van der Waals surface area (Å²) in [4.78, 5) is 9.79. The number of halogens is 1. The molecule has 2 N–H and O–H groups in total. The maximum Gasteiger partial charge on any atom is 0.120 e. The lowest BCUT2D eigenvalue weighted by Gasteiger charge is -2.17. The van der Waals surface area contributed by atoms with Gasteiger partial charge in [-0.15, -0.1) is 6.58 Å². The molecule has 0 saturated carbocycles. The number of aliphatic hydroxyl groups is 1. The molecule has 2 aromatic rings. The average molecular weight is 336 g/mol. The summed E-state index contributed by atoms with van der Waals surface area (Å²) in [6.45, 7) is 5.87. The third kappa shape index (κ3) is 4.03. The fourth-order valence-corrected chi connectivity index (χ4v) is 2.25. The molecule has 106 valence electrons. The molecule has 2 rings (SSSR count). The second kappa shape index (κ2) is 7.38. The zero-order valence-electron chi connectivity index (χ0n) is 11.2. The van der Waals surface area contributed by atoms with Gasteiger partial charge in [-0.05, 0) is 17.7 Å². The molecular formula is C15H18BrN3O. The molecule has 1 heterocycles. The first-order valence-corrected chi connectivity index (χ1v) is 7.26. The number of nitrogens with zero attached hydrogens (tertiary/aromatic N) is 2. The van der Waals surface area contributed by atoms with E-state index in [1.165, 1.54) is 0 Å². The summed E-state index contributed by atoms with van der Waals surface area (Å²) in [5.74, 6) is 0.887. The Kier molecular flexibility index (Phi) is 5.52. The molecule has 5 heteroatoms. The lowest BCUT2D eigenvalue weighted by atomic mass is 10.2. The van der Waals surface area contributed by atoms with E-state index < -0.39 is 0 Å². The fourth-order valence-electron chi connectivity index (χ4n) is 1.99. The largest absolute Gasteiger partial charge is 0.395 e. The molecule has 0 atom stereocenters. The van der Waals surface area contributed by atoms with Crippen LogP contribution in [0.1, 0.15) is 5.82 Å². The van der Waals surface area contributed by atoms with Gasteiger partial charge in [0.2, 0.25) is 0 Å². The van der Waals surface area contributed by atoms with Crippen LogP contribution in [0, 0.1) is 0 Å². The Hall–Kier alpha value is -1.43. The first-order chi connectivity index (χ1) is 9.72. The number of hydrogen-bond acceptors (Lipinski definition) is 3. The quantitative estimate of drug-likeness (QED) is 0.765. The highest BCUT2D eigenvalue weighted by Crippen LogP contribution is 2.20. The number of benzene rings is 1. The maximum absolute atomic E-state index is 9.04. The lowest BCUT2D eigenvalue weighted by molar-refractivity contribution is 0.201. The highest BCUT2D eigenvalue weighted by Gasteiger charge is 2.08. The van der Waals surface area contributed by atoms with Gasteiger partial charge in [-0.3, -0.25) is 4.90 Å². The van der Waals surface area contributed by atoms with Gasteiger partial charge >= 0.3 is 0 Å². The number of imidazole rings is 1. The first-order valence-electron chi connectivity index (χ1n) is 6.47. The molecule has 0 spiro atoms. The van der Waals surface area contributed by atoms with Crippen molar-refractivity contribution in [3.63, 3.8) is 0 Å². The van der Waals surface area contributed by atoms with E-state index in [0.29, 0.717) is 13.1 Å². The van der Waals surface area contributed by atoms with Crippen molar-refractivity contribution < 1.29 is 5.11 Å². The molecule has 0 unspecified atom stereocenters. The van der Waals surface area contributed by atoms with Crippen LogP contribution in [-0.4, -0.2) is 39.7 Å². The smallest absolute Gasteiger partial charge is 0.120 e. The van der Waals surface area contributed by atoms with E-state index >= 15 is 0 Å². The zero-order valence-corrected chi connectivity index (χ0v) is 12.8. The minimum atomic E-state index is 0.133. The normalized spacial score (nSPS) is 10.9. The molecule has 0 aliphatic rings. The van der Waals surface area contributed by atoms with Crippen molar-refractivity contribution in [2.24, 2.45) is 0 Å². The van der Waals surface area contributed by atoms with Crippen LogP contribution in [-0.2, 0) is 6.54 Å². The van der Waals surface area contributed by atoms with Gasteiger partial charge in [0.1, 0.15) is 5.82 Å². The van der Waals surface area contributed by atoms with E-state index in [4.69, 9.17) is 5.11 Å². The van der Waals surface area contributed by atoms with Crippen molar-refractivity contribution in [1.82, 2.24) is 14.9 Å². The average Bonchev–Trinajstić information content (AvgIpc) is 2.89. The summed E-state index contributed by atoms with van der Waals surface area (Å²) in [5, 5.41) is 9.04. The van der Waals surface area contributed by atoms with Gasteiger partial charge in [-0.1, -0.05) is 34.1 Å². The van der Waals surface area contributed by atoms with E-state index in [1.807, 2.05) is 36.5 Å². The SMILES string of the molecule is C=CCN(CCO)Cc1ncc(-c2ccc(Br)cc2)[nH]1. The summed E-state index contributed by atoms with van der Waals surface area (Å²) in [7, 11) is 0. The molecule has 0 radical (unpaired) electrons. The van der Waals surface area contributed by atoms with E-state index in [-0.39, 0.29) is 6.61 Å². The van der Waals surface area contributed by atoms with Gasteiger partial charge in [-0.25, -0.2) is 4.98 Å². The Morgan fingerprint density at radius 3 is 2.75 bits per heavy atom. The molecule has 0 fully saturated rings. The molecule has 0 saturated heterocycles. The number of nitrogens with one attached hydrogen (secondary N) is 1. The predicted octanol–water partition coefficient (Wildman–Crippen LogP) is 2.82. The molecular weight excluding hydrogens is 318 g/mol. The van der Waals surface area contributed by atoms with E-state index in [9.17, 15) is 0 Å². The van der Waals surface area contributed by atoms with Gasteiger partial charge in [0.05, 0.1) is 25.0 Å². The number of hydrogen-bond donors (Lipinski definition) is 2. The van der Waals surface area contributed by atoms with Crippen molar-refractivity contribution in [1.29, 1.82) is 0 Å². The fraction of sp³-hybridized carbons (Fsp3) is 0.267. The first kappa shape index (κ1) is 15.0. The summed E-state index contributed by atoms with van der Waals surface area (Å²) in [6.07, 6.45) is 3.66. The van der Waals surface area contributed by atoms with E-state index in [2.05, 4.69) is 37.4 Å². The van der Waals surface area contributed by atoms with Gasteiger partial charge in [0.15, 0.2) is 0 Å². The molecule has 1 aromatic heterocycles. The zero-order chi connectivity index (χ0) is 14.4. The van der Waals surface area contributed by atoms with Crippen molar-refractivity contribution in [3.05, 3.63) is 53.4 Å². The van der Waals surface area contributed by atoms with Crippen LogP contribution in [0.25, 0.3) is 11.3 Å². The van der Waals surface area contributed by atoms with Crippen LogP contribution in [0.3, 0.4) is 0 Å². The Bertz CT molecular complexity index is 551. The summed E-state index contributed by atoms with van der Waals surface area (Å²) in [6, 6.07) is 8.09. The van der Waals surface area contributed by atoms with Crippen LogP contribution in [0.15, 0.2) is 47.6 Å². The minimum Gasteiger partial charge on any atom is -0.395 e. The van der Waals surface area contributed by atoms with E-state index in [1.54, 1.807) is 0 Å². The lowest BCUT2D eigenvalue weighted by Crippen LogP contribution is -2.27. The Balaban J connectivity index is 2.08.